The molecule has 0 aliphatic rings. The van der Waals surface area contributed by atoms with Crippen LogP contribution in [0.5, 0.6) is 5.75 Å². The summed E-state index contributed by atoms with van der Waals surface area (Å²) < 4.78 is 7.08. The summed E-state index contributed by atoms with van der Waals surface area (Å²) in [6, 6.07) is 0. The molecule has 0 amide bonds. The smallest absolute Gasteiger partial charge is 0.162 e. The second-order valence-corrected chi connectivity index (χ2v) is 4.34. The van der Waals surface area contributed by atoms with Crippen molar-refractivity contribution in [1.29, 1.82) is 0 Å². The van der Waals surface area contributed by atoms with Gasteiger partial charge in [-0.15, -0.1) is 0 Å². The van der Waals surface area contributed by atoms with Crippen LogP contribution < -0.4 is 10.1 Å². The van der Waals surface area contributed by atoms with E-state index < -0.39 is 5.60 Å². The third-order valence-electron chi connectivity index (χ3n) is 2.69. The first-order valence-electron chi connectivity index (χ1n) is 6.10. The number of nitrogens with zero attached hydrogens (tertiary/aromatic N) is 2. The minimum absolute atomic E-state index is 0.481. The number of aromatic nitrogens is 2. The number of hydrogen-bond donors (Lipinski definition) is 2. The molecule has 0 bridgehead atoms. The molecule has 1 aromatic heterocycles. The van der Waals surface area contributed by atoms with Gasteiger partial charge in [-0.1, -0.05) is 13.8 Å². The van der Waals surface area contributed by atoms with Crippen molar-refractivity contribution in [1.82, 2.24) is 15.1 Å². The van der Waals surface area contributed by atoms with Gasteiger partial charge in [0.05, 0.1) is 13.3 Å². The third kappa shape index (κ3) is 3.20. The first kappa shape index (κ1) is 14.0. The average Bonchev–Trinajstić information content (AvgIpc) is 2.71. The molecule has 5 nitrogen and oxygen atoms in total. The van der Waals surface area contributed by atoms with Crippen molar-refractivity contribution in [2.45, 2.75) is 39.3 Å². The largest absolute Gasteiger partial charge is 0.493 e. The molecule has 1 atom stereocenters. The Kier molecular flexibility index (Phi) is 4.96. The van der Waals surface area contributed by atoms with Crippen LogP contribution in [0.4, 0.5) is 0 Å². The van der Waals surface area contributed by atoms with Crippen LogP contribution in [0, 0.1) is 0 Å². The third-order valence-corrected chi connectivity index (χ3v) is 2.69. The standard InChI is InChI=1S/C12H23N3O2/c1-5-7-15-11(10(17-4)8-14-15)12(3,16)9-13-6-2/h8,13,16H,5-7,9H2,1-4H3. The van der Waals surface area contributed by atoms with Crippen molar-refractivity contribution in [3.8, 4) is 5.75 Å². The Hall–Kier alpha value is -1.07. The number of aryl methyl sites for hydroxylation is 1. The Morgan fingerprint density at radius 1 is 1.53 bits per heavy atom. The zero-order valence-electron chi connectivity index (χ0n) is 11.2. The van der Waals surface area contributed by atoms with Crippen molar-refractivity contribution in [2.24, 2.45) is 0 Å². The predicted octanol–water partition coefficient (Wildman–Crippen LogP) is 1.12. The highest BCUT2D eigenvalue weighted by molar-refractivity contribution is 5.30. The van der Waals surface area contributed by atoms with E-state index in [1.807, 2.05) is 11.6 Å². The molecule has 5 heteroatoms. The second kappa shape index (κ2) is 6.02. The summed E-state index contributed by atoms with van der Waals surface area (Å²) in [6.45, 7) is 7.95. The Bertz CT molecular complexity index is 348. The zero-order valence-corrected chi connectivity index (χ0v) is 11.2. The molecule has 1 unspecified atom stereocenters. The summed E-state index contributed by atoms with van der Waals surface area (Å²) >= 11 is 0. The highest BCUT2D eigenvalue weighted by Gasteiger charge is 2.31. The van der Waals surface area contributed by atoms with Crippen molar-refractivity contribution in [3.05, 3.63) is 11.9 Å². The Morgan fingerprint density at radius 3 is 2.76 bits per heavy atom. The molecule has 2 N–H and O–H groups in total. The molecule has 17 heavy (non-hydrogen) atoms. The van der Waals surface area contributed by atoms with Crippen LogP contribution >= 0.6 is 0 Å². The monoisotopic (exact) mass is 241 g/mol. The molecule has 0 radical (unpaired) electrons. The maximum atomic E-state index is 10.5. The molecule has 0 saturated heterocycles. The molecular formula is C12H23N3O2. The molecular weight excluding hydrogens is 218 g/mol. The van der Waals surface area contributed by atoms with Gasteiger partial charge in [-0.3, -0.25) is 4.68 Å². The molecule has 0 spiro atoms. The summed E-state index contributed by atoms with van der Waals surface area (Å²) in [4.78, 5) is 0. The number of rotatable bonds is 7. The first-order valence-corrected chi connectivity index (χ1v) is 6.10. The number of ether oxygens (including phenoxy) is 1. The maximum Gasteiger partial charge on any atom is 0.162 e. The molecule has 0 aromatic carbocycles. The Morgan fingerprint density at radius 2 is 2.24 bits per heavy atom. The van der Waals surface area contributed by atoms with Gasteiger partial charge in [0.2, 0.25) is 0 Å². The summed E-state index contributed by atoms with van der Waals surface area (Å²) in [5.74, 6) is 0.640. The number of nitrogens with one attached hydrogen (secondary N) is 1. The number of hydrogen-bond acceptors (Lipinski definition) is 4. The van der Waals surface area contributed by atoms with Gasteiger partial charge in [0, 0.05) is 13.1 Å². The van der Waals surface area contributed by atoms with Gasteiger partial charge in [0.1, 0.15) is 11.3 Å². The Labute approximate surface area is 103 Å². The van der Waals surface area contributed by atoms with Crippen LogP contribution in [0.1, 0.15) is 32.9 Å². The normalized spacial score (nSPS) is 14.6. The summed E-state index contributed by atoms with van der Waals surface area (Å²) in [6.07, 6.45) is 2.63. The van der Waals surface area contributed by atoms with E-state index in [4.69, 9.17) is 4.74 Å². The van der Waals surface area contributed by atoms with E-state index in [1.54, 1.807) is 20.2 Å². The van der Waals surface area contributed by atoms with E-state index in [9.17, 15) is 5.11 Å². The molecule has 0 fully saturated rings. The van der Waals surface area contributed by atoms with Crippen molar-refractivity contribution < 1.29 is 9.84 Å². The predicted molar refractivity (Wildman–Crippen MR) is 67.2 cm³/mol. The van der Waals surface area contributed by atoms with Gasteiger partial charge in [0.25, 0.3) is 0 Å². The SMILES string of the molecule is CCCn1ncc(OC)c1C(C)(O)CNCC. The fourth-order valence-electron chi connectivity index (χ4n) is 1.89. The van der Waals surface area contributed by atoms with Crippen LogP contribution in [-0.2, 0) is 12.1 Å². The van der Waals surface area contributed by atoms with Crippen molar-refractivity contribution in [3.63, 3.8) is 0 Å². The van der Waals surface area contributed by atoms with E-state index in [-0.39, 0.29) is 0 Å². The van der Waals surface area contributed by atoms with E-state index >= 15 is 0 Å². The van der Waals surface area contributed by atoms with Gasteiger partial charge >= 0.3 is 0 Å². The van der Waals surface area contributed by atoms with E-state index in [0.29, 0.717) is 12.3 Å². The fraction of sp³-hybridized carbons (Fsp3) is 0.750. The lowest BCUT2D eigenvalue weighted by molar-refractivity contribution is 0.0453. The molecule has 0 aliphatic heterocycles. The molecule has 1 aromatic rings. The van der Waals surface area contributed by atoms with Gasteiger partial charge in [-0.2, -0.15) is 5.10 Å². The highest BCUT2D eigenvalue weighted by Crippen LogP contribution is 2.29. The maximum absolute atomic E-state index is 10.5. The molecule has 0 aliphatic carbocycles. The van der Waals surface area contributed by atoms with E-state index in [1.165, 1.54) is 0 Å². The lowest BCUT2D eigenvalue weighted by atomic mass is 10.0. The molecule has 1 heterocycles. The van der Waals surface area contributed by atoms with Crippen molar-refractivity contribution in [2.75, 3.05) is 20.2 Å². The Balaban J connectivity index is 3.02. The van der Waals surface area contributed by atoms with Gasteiger partial charge < -0.3 is 15.2 Å². The summed E-state index contributed by atoms with van der Waals surface area (Å²) in [5, 5.41) is 17.9. The van der Waals surface area contributed by atoms with Gasteiger partial charge in [-0.25, -0.2) is 0 Å². The topological polar surface area (TPSA) is 59.3 Å². The minimum Gasteiger partial charge on any atom is -0.493 e. The average molecular weight is 241 g/mol. The van der Waals surface area contributed by atoms with Crippen LogP contribution in [0.25, 0.3) is 0 Å². The van der Waals surface area contributed by atoms with Gasteiger partial charge in [-0.05, 0) is 19.9 Å². The number of methoxy groups -OCH3 is 1. The zero-order chi connectivity index (χ0) is 12.9. The first-order chi connectivity index (χ1) is 8.06. The van der Waals surface area contributed by atoms with E-state index in [2.05, 4.69) is 17.3 Å². The van der Waals surface area contributed by atoms with Gasteiger partial charge in [0.15, 0.2) is 5.75 Å². The molecule has 98 valence electrons. The second-order valence-electron chi connectivity index (χ2n) is 4.34. The van der Waals surface area contributed by atoms with Crippen LogP contribution in [0.2, 0.25) is 0 Å². The van der Waals surface area contributed by atoms with Crippen LogP contribution in [-0.4, -0.2) is 35.1 Å². The highest BCUT2D eigenvalue weighted by atomic mass is 16.5. The lowest BCUT2D eigenvalue weighted by Crippen LogP contribution is -2.37. The summed E-state index contributed by atoms with van der Waals surface area (Å²) in [7, 11) is 1.60. The van der Waals surface area contributed by atoms with Crippen LogP contribution in [0.3, 0.4) is 0 Å². The van der Waals surface area contributed by atoms with Crippen LogP contribution in [0.15, 0.2) is 6.20 Å². The molecule has 1 rings (SSSR count). The lowest BCUT2D eigenvalue weighted by Gasteiger charge is -2.25. The summed E-state index contributed by atoms with van der Waals surface area (Å²) in [5.41, 5.74) is -0.240. The molecule has 0 saturated carbocycles. The van der Waals surface area contributed by atoms with E-state index in [0.717, 1.165) is 25.2 Å². The number of likely N-dealkylation sites (N-methyl/N-ethyl adjacent to an activating group) is 1. The quantitative estimate of drug-likeness (QED) is 0.751. The van der Waals surface area contributed by atoms with Crippen molar-refractivity contribution >= 4 is 0 Å². The number of aliphatic hydroxyl groups is 1. The minimum atomic E-state index is -0.979. The fourth-order valence-corrected chi connectivity index (χ4v) is 1.89.